The fourth-order valence-electron chi connectivity index (χ4n) is 1.17. The second-order valence-corrected chi connectivity index (χ2v) is 4.77. The molecule has 3 N–H and O–H groups in total. The van der Waals surface area contributed by atoms with Crippen molar-refractivity contribution in [2.75, 3.05) is 4.72 Å². The molecule has 16 heavy (non-hydrogen) atoms. The molecule has 6 nitrogen and oxygen atoms in total. The quantitative estimate of drug-likeness (QED) is 0.742. The summed E-state index contributed by atoms with van der Waals surface area (Å²) in [5.74, 6) is -0.00704. The summed E-state index contributed by atoms with van der Waals surface area (Å²) < 4.78 is 25.8. The van der Waals surface area contributed by atoms with Gasteiger partial charge in [-0.3, -0.25) is 9.82 Å². The van der Waals surface area contributed by atoms with E-state index in [0.29, 0.717) is 5.69 Å². The van der Waals surface area contributed by atoms with E-state index in [4.69, 9.17) is 0 Å². The molecule has 2 rings (SSSR count). The standard InChI is InChI=1S/C9H9N3O3S/c13-8-3-1-2-7(4-8)12-16(14,15)9-5-10-11-6-9/h1-6,12-13H,(H,10,11). The first-order chi connectivity index (χ1) is 7.58. The highest BCUT2D eigenvalue weighted by Gasteiger charge is 2.14. The molecule has 0 saturated carbocycles. The van der Waals surface area contributed by atoms with Gasteiger partial charge < -0.3 is 5.11 Å². The molecule has 0 radical (unpaired) electrons. The minimum absolute atomic E-state index is 0.00704. The highest BCUT2D eigenvalue weighted by atomic mass is 32.2. The van der Waals surface area contributed by atoms with E-state index < -0.39 is 10.0 Å². The Balaban J connectivity index is 2.29. The predicted molar refractivity (Wildman–Crippen MR) is 57.5 cm³/mol. The molecule has 0 amide bonds. The molecule has 0 aliphatic rings. The molecule has 0 aliphatic heterocycles. The van der Waals surface area contributed by atoms with Crippen LogP contribution in [-0.2, 0) is 10.0 Å². The number of nitrogens with one attached hydrogen (secondary N) is 2. The van der Waals surface area contributed by atoms with Crippen LogP contribution in [0.15, 0.2) is 41.6 Å². The number of aromatic hydroxyl groups is 1. The van der Waals surface area contributed by atoms with Crippen LogP contribution in [0.2, 0.25) is 0 Å². The molecule has 1 heterocycles. The van der Waals surface area contributed by atoms with Crippen molar-refractivity contribution >= 4 is 15.7 Å². The lowest BCUT2D eigenvalue weighted by Crippen LogP contribution is -2.11. The number of hydrogen-bond acceptors (Lipinski definition) is 4. The predicted octanol–water partition coefficient (Wildman–Crippen LogP) is 0.916. The second kappa shape index (κ2) is 3.86. The van der Waals surface area contributed by atoms with Gasteiger partial charge in [-0.2, -0.15) is 5.10 Å². The van der Waals surface area contributed by atoms with Crippen LogP contribution >= 0.6 is 0 Å². The lowest BCUT2D eigenvalue weighted by atomic mass is 10.3. The number of aromatic nitrogens is 2. The van der Waals surface area contributed by atoms with Crippen molar-refractivity contribution in [2.24, 2.45) is 0 Å². The first kappa shape index (κ1) is 10.5. The molecule has 0 bridgehead atoms. The third kappa shape index (κ3) is 2.14. The van der Waals surface area contributed by atoms with Gasteiger partial charge in [0.15, 0.2) is 0 Å². The number of anilines is 1. The molecule has 84 valence electrons. The average molecular weight is 239 g/mol. The molecule has 1 aromatic heterocycles. The summed E-state index contributed by atoms with van der Waals surface area (Å²) in [6.45, 7) is 0. The Hall–Kier alpha value is -2.02. The van der Waals surface area contributed by atoms with Crippen LogP contribution in [0.4, 0.5) is 5.69 Å². The SMILES string of the molecule is O=S(=O)(Nc1cccc(O)c1)c1cn[nH]c1. The van der Waals surface area contributed by atoms with E-state index in [0.717, 1.165) is 0 Å². The average Bonchev–Trinajstić information content (AvgIpc) is 2.69. The minimum atomic E-state index is -3.64. The van der Waals surface area contributed by atoms with E-state index in [1.807, 2.05) is 0 Å². The molecule has 0 spiro atoms. The summed E-state index contributed by atoms with van der Waals surface area (Å²) in [5, 5.41) is 15.2. The Morgan fingerprint density at radius 3 is 2.81 bits per heavy atom. The number of benzene rings is 1. The fourth-order valence-corrected chi connectivity index (χ4v) is 2.12. The minimum Gasteiger partial charge on any atom is -0.508 e. The van der Waals surface area contributed by atoms with Crippen molar-refractivity contribution < 1.29 is 13.5 Å². The first-order valence-electron chi connectivity index (χ1n) is 4.38. The van der Waals surface area contributed by atoms with Crippen LogP contribution in [0.25, 0.3) is 0 Å². The van der Waals surface area contributed by atoms with Gasteiger partial charge in [-0.1, -0.05) is 6.07 Å². The number of hydrogen-bond donors (Lipinski definition) is 3. The van der Waals surface area contributed by atoms with Gasteiger partial charge in [0.2, 0.25) is 0 Å². The summed E-state index contributed by atoms with van der Waals surface area (Å²) in [4.78, 5) is 0.0378. The van der Waals surface area contributed by atoms with Gasteiger partial charge in [-0.25, -0.2) is 8.42 Å². The van der Waals surface area contributed by atoms with Crippen molar-refractivity contribution in [3.05, 3.63) is 36.7 Å². The summed E-state index contributed by atoms with van der Waals surface area (Å²) in [5.41, 5.74) is 0.293. The molecule has 0 saturated heterocycles. The topological polar surface area (TPSA) is 95.1 Å². The maximum atomic E-state index is 11.7. The Kier molecular flexibility index (Phi) is 2.53. The van der Waals surface area contributed by atoms with E-state index >= 15 is 0 Å². The summed E-state index contributed by atoms with van der Waals surface area (Å²) >= 11 is 0. The van der Waals surface area contributed by atoms with Crippen LogP contribution in [0.1, 0.15) is 0 Å². The fraction of sp³-hybridized carbons (Fsp3) is 0. The van der Waals surface area contributed by atoms with Crippen molar-refractivity contribution in [1.29, 1.82) is 0 Å². The van der Waals surface area contributed by atoms with Crippen molar-refractivity contribution in [3.8, 4) is 5.75 Å². The highest BCUT2D eigenvalue weighted by molar-refractivity contribution is 7.92. The van der Waals surface area contributed by atoms with Crippen molar-refractivity contribution in [1.82, 2.24) is 10.2 Å². The van der Waals surface area contributed by atoms with Gasteiger partial charge in [0, 0.05) is 12.3 Å². The zero-order valence-corrected chi connectivity index (χ0v) is 8.90. The van der Waals surface area contributed by atoms with Gasteiger partial charge in [0.05, 0.1) is 11.9 Å². The van der Waals surface area contributed by atoms with Crippen molar-refractivity contribution in [2.45, 2.75) is 4.90 Å². The number of sulfonamides is 1. The Morgan fingerprint density at radius 2 is 2.19 bits per heavy atom. The Labute approximate surface area is 92.0 Å². The molecule has 0 atom stereocenters. The molecule has 1 aromatic carbocycles. The van der Waals surface area contributed by atoms with Crippen LogP contribution in [0, 0.1) is 0 Å². The van der Waals surface area contributed by atoms with E-state index in [9.17, 15) is 13.5 Å². The van der Waals surface area contributed by atoms with Crippen LogP contribution < -0.4 is 4.72 Å². The molecule has 0 unspecified atom stereocenters. The van der Waals surface area contributed by atoms with E-state index in [-0.39, 0.29) is 10.6 Å². The molecular formula is C9H9N3O3S. The van der Waals surface area contributed by atoms with Gasteiger partial charge in [0.25, 0.3) is 10.0 Å². The highest BCUT2D eigenvalue weighted by Crippen LogP contribution is 2.18. The van der Waals surface area contributed by atoms with Crippen molar-refractivity contribution in [3.63, 3.8) is 0 Å². The largest absolute Gasteiger partial charge is 0.508 e. The van der Waals surface area contributed by atoms with Crippen LogP contribution in [-0.4, -0.2) is 23.7 Å². The van der Waals surface area contributed by atoms with Gasteiger partial charge >= 0.3 is 0 Å². The number of H-pyrrole nitrogens is 1. The number of nitrogens with zero attached hydrogens (tertiary/aromatic N) is 1. The number of aromatic amines is 1. The summed E-state index contributed by atoms with van der Waals surface area (Å²) in [6.07, 6.45) is 2.47. The van der Waals surface area contributed by atoms with E-state index in [2.05, 4.69) is 14.9 Å². The number of phenolic OH excluding ortho intramolecular Hbond substituents is 1. The third-order valence-electron chi connectivity index (χ3n) is 1.88. The third-order valence-corrected chi connectivity index (χ3v) is 3.23. The molecule has 7 heteroatoms. The number of phenols is 1. The lowest BCUT2D eigenvalue weighted by molar-refractivity contribution is 0.475. The Morgan fingerprint density at radius 1 is 1.38 bits per heavy atom. The zero-order chi connectivity index (χ0) is 11.6. The van der Waals surface area contributed by atoms with E-state index in [1.165, 1.54) is 30.6 Å². The number of rotatable bonds is 3. The normalized spacial score (nSPS) is 11.2. The molecular weight excluding hydrogens is 230 g/mol. The smallest absolute Gasteiger partial charge is 0.265 e. The molecule has 2 aromatic rings. The van der Waals surface area contributed by atoms with Crippen LogP contribution in [0.5, 0.6) is 5.75 Å². The van der Waals surface area contributed by atoms with Gasteiger partial charge in [-0.05, 0) is 12.1 Å². The second-order valence-electron chi connectivity index (χ2n) is 3.09. The molecule has 0 fully saturated rings. The molecule has 0 aliphatic carbocycles. The van der Waals surface area contributed by atoms with Crippen LogP contribution in [0.3, 0.4) is 0 Å². The monoisotopic (exact) mass is 239 g/mol. The lowest BCUT2D eigenvalue weighted by Gasteiger charge is -2.05. The zero-order valence-electron chi connectivity index (χ0n) is 8.08. The summed E-state index contributed by atoms with van der Waals surface area (Å²) in [7, 11) is -3.64. The maximum absolute atomic E-state index is 11.7. The maximum Gasteiger partial charge on any atom is 0.265 e. The Bertz CT molecular complexity index is 578. The van der Waals surface area contributed by atoms with E-state index in [1.54, 1.807) is 6.07 Å². The van der Waals surface area contributed by atoms with Gasteiger partial charge in [-0.15, -0.1) is 0 Å². The first-order valence-corrected chi connectivity index (χ1v) is 5.87. The summed E-state index contributed by atoms with van der Waals surface area (Å²) in [6, 6.07) is 5.85. The van der Waals surface area contributed by atoms with Gasteiger partial charge in [0.1, 0.15) is 10.6 Å².